The molecule has 0 fully saturated rings. The van der Waals surface area contributed by atoms with Gasteiger partial charge in [-0.25, -0.2) is 0 Å². The number of aliphatic hydroxyl groups is 1. The van der Waals surface area contributed by atoms with Crippen LogP contribution in [0, 0.1) is 0 Å². The zero-order valence-electron chi connectivity index (χ0n) is 12.5. The quantitative estimate of drug-likeness (QED) is 0.771. The summed E-state index contributed by atoms with van der Waals surface area (Å²) in [6.07, 6.45) is 2.59. The normalized spacial score (nSPS) is 12.3. The van der Waals surface area contributed by atoms with Gasteiger partial charge in [-0.3, -0.25) is 4.68 Å². The Hall–Kier alpha value is -1.92. The van der Waals surface area contributed by atoms with Crippen LogP contribution in [0.15, 0.2) is 30.5 Å². The molecule has 0 radical (unpaired) electrons. The first-order valence-corrected chi connectivity index (χ1v) is 7.10. The second kappa shape index (κ2) is 7.75. The van der Waals surface area contributed by atoms with E-state index in [1.54, 1.807) is 11.8 Å². The van der Waals surface area contributed by atoms with Gasteiger partial charge in [0.1, 0.15) is 5.75 Å². The number of para-hydroxylation sites is 1. The summed E-state index contributed by atoms with van der Waals surface area (Å²) in [6.45, 7) is 3.58. The van der Waals surface area contributed by atoms with E-state index in [0.29, 0.717) is 19.5 Å². The fourth-order valence-corrected chi connectivity index (χ4v) is 2.15. The molecule has 1 heterocycles. The van der Waals surface area contributed by atoms with Crippen molar-refractivity contribution < 1.29 is 9.84 Å². The molecule has 0 spiro atoms. The highest BCUT2D eigenvalue weighted by molar-refractivity contribution is 5.35. The minimum Gasteiger partial charge on any atom is -0.496 e. The van der Waals surface area contributed by atoms with Crippen molar-refractivity contribution in [3.8, 4) is 5.75 Å². The van der Waals surface area contributed by atoms with E-state index >= 15 is 0 Å². The maximum Gasteiger partial charge on any atom is 0.123 e. The standard InChI is InChI=1S/C15H22N4O2/c1-12(14-6-3-4-7-15(14)21-2)16-10-13-11-19(18-17-13)8-5-9-20/h3-4,6-7,11-12,16,20H,5,8-10H2,1-2H3/t12-/m1/s1. The molecule has 0 bridgehead atoms. The number of aryl methyl sites for hydroxylation is 1. The minimum atomic E-state index is 0.156. The van der Waals surface area contributed by atoms with Crippen molar-refractivity contribution in [2.24, 2.45) is 0 Å². The van der Waals surface area contributed by atoms with Crippen molar-refractivity contribution in [3.63, 3.8) is 0 Å². The molecule has 2 aromatic rings. The average molecular weight is 290 g/mol. The van der Waals surface area contributed by atoms with E-state index in [9.17, 15) is 0 Å². The Morgan fingerprint density at radius 1 is 1.38 bits per heavy atom. The summed E-state index contributed by atoms with van der Waals surface area (Å²) in [6, 6.07) is 8.12. The predicted molar refractivity (Wildman–Crippen MR) is 80.0 cm³/mol. The maximum absolute atomic E-state index is 8.80. The molecule has 0 amide bonds. The van der Waals surface area contributed by atoms with Crippen molar-refractivity contribution >= 4 is 0 Å². The second-order valence-electron chi connectivity index (χ2n) is 4.89. The fourth-order valence-electron chi connectivity index (χ4n) is 2.15. The molecule has 1 aromatic heterocycles. The summed E-state index contributed by atoms with van der Waals surface area (Å²) < 4.78 is 7.12. The molecule has 21 heavy (non-hydrogen) atoms. The predicted octanol–water partition coefficient (Wildman–Crippen LogP) is 1.52. The van der Waals surface area contributed by atoms with Gasteiger partial charge in [0.05, 0.1) is 12.8 Å². The monoisotopic (exact) mass is 290 g/mol. The Bertz CT molecular complexity index is 556. The third-order valence-electron chi connectivity index (χ3n) is 3.33. The topological polar surface area (TPSA) is 72.2 Å². The van der Waals surface area contributed by atoms with E-state index in [2.05, 4.69) is 28.6 Å². The van der Waals surface area contributed by atoms with E-state index in [4.69, 9.17) is 9.84 Å². The van der Waals surface area contributed by atoms with Gasteiger partial charge in [-0.05, 0) is 19.4 Å². The van der Waals surface area contributed by atoms with E-state index in [1.165, 1.54) is 0 Å². The zero-order chi connectivity index (χ0) is 15.1. The Balaban J connectivity index is 1.91. The van der Waals surface area contributed by atoms with Crippen LogP contribution < -0.4 is 10.1 Å². The summed E-state index contributed by atoms with van der Waals surface area (Å²) in [4.78, 5) is 0. The molecule has 0 aliphatic heterocycles. The van der Waals surface area contributed by atoms with Gasteiger partial charge in [-0.1, -0.05) is 23.4 Å². The summed E-state index contributed by atoms with van der Waals surface area (Å²) >= 11 is 0. The first-order chi connectivity index (χ1) is 10.2. The second-order valence-corrected chi connectivity index (χ2v) is 4.89. The number of nitrogens with zero attached hydrogens (tertiary/aromatic N) is 3. The van der Waals surface area contributed by atoms with Gasteiger partial charge >= 0.3 is 0 Å². The number of methoxy groups -OCH3 is 1. The lowest BCUT2D eigenvalue weighted by Crippen LogP contribution is -2.19. The van der Waals surface area contributed by atoms with Crippen molar-refractivity contribution in [1.82, 2.24) is 20.3 Å². The molecule has 0 aliphatic rings. The molecule has 6 heteroatoms. The maximum atomic E-state index is 8.80. The van der Waals surface area contributed by atoms with Crippen LogP contribution in [0.3, 0.4) is 0 Å². The average Bonchev–Trinajstić information content (AvgIpc) is 2.98. The summed E-state index contributed by atoms with van der Waals surface area (Å²) in [5.74, 6) is 0.879. The Labute approximate surface area is 124 Å². The molecular weight excluding hydrogens is 268 g/mol. The van der Waals surface area contributed by atoms with Crippen molar-refractivity contribution in [3.05, 3.63) is 41.7 Å². The molecule has 0 unspecified atom stereocenters. The number of benzene rings is 1. The lowest BCUT2D eigenvalue weighted by Gasteiger charge is -2.16. The number of hydrogen-bond acceptors (Lipinski definition) is 5. The van der Waals surface area contributed by atoms with Gasteiger partial charge < -0.3 is 15.2 Å². The van der Waals surface area contributed by atoms with E-state index < -0.39 is 0 Å². The van der Waals surface area contributed by atoms with Crippen molar-refractivity contribution in [1.29, 1.82) is 0 Å². The van der Waals surface area contributed by atoms with Crippen molar-refractivity contribution in [2.75, 3.05) is 13.7 Å². The lowest BCUT2D eigenvalue weighted by molar-refractivity contribution is 0.276. The van der Waals surface area contributed by atoms with E-state index in [-0.39, 0.29) is 12.6 Å². The molecule has 1 atom stereocenters. The van der Waals surface area contributed by atoms with Crippen LogP contribution in [0.25, 0.3) is 0 Å². The van der Waals surface area contributed by atoms with Gasteiger partial charge in [0.25, 0.3) is 0 Å². The minimum absolute atomic E-state index is 0.156. The highest BCUT2D eigenvalue weighted by Gasteiger charge is 2.11. The summed E-state index contributed by atoms with van der Waals surface area (Å²) in [7, 11) is 1.68. The third-order valence-corrected chi connectivity index (χ3v) is 3.33. The molecule has 6 nitrogen and oxygen atoms in total. The van der Waals surface area contributed by atoms with Crippen LogP contribution in [0.2, 0.25) is 0 Å². The summed E-state index contributed by atoms with van der Waals surface area (Å²) in [5.41, 5.74) is 2.00. The third kappa shape index (κ3) is 4.27. The highest BCUT2D eigenvalue weighted by atomic mass is 16.5. The Kier molecular flexibility index (Phi) is 5.71. The number of aromatic nitrogens is 3. The molecule has 2 N–H and O–H groups in total. The number of ether oxygens (including phenoxy) is 1. The molecule has 0 aliphatic carbocycles. The van der Waals surface area contributed by atoms with Gasteiger partial charge in [0.2, 0.25) is 0 Å². The van der Waals surface area contributed by atoms with E-state index in [1.807, 2.05) is 24.4 Å². The first-order valence-electron chi connectivity index (χ1n) is 7.10. The largest absolute Gasteiger partial charge is 0.496 e. The molecule has 114 valence electrons. The van der Waals surface area contributed by atoms with Crippen LogP contribution in [-0.2, 0) is 13.1 Å². The number of rotatable bonds is 8. The van der Waals surface area contributed by atoms with Crippen LogP contribution >= 0.6 is 0 Å². The molecule has 0 saturated heterocycles. The van der Waals surface area contributed by atoms with Crippen LogP contribution in [-0.4, -0.2) is 33.8 Å². The van der Waals surface area contributed by atoms with Crippen molar-refractivity contribution in [2.45, 2.75) is 32.5 Å². The molecule has 1 aromatic carbocycles. The smallest absolute Gasteiger partial charge is 0.123 e. The number of hydrogen-bond donors (Lipinski definition) is 2. The zero-order valence-corrected chi connectivity index (χ0v) is 12.5. The SMILES string of the molecule is COc1ccccc1[C@@H](C)NCc1cn(CCCO)nn1. The number of aliphatic hydroxyl groups excluding tert-OH is 1. The number of nitrogens with one attached hydrogen (secondary N) is 1. The molecule has 2 rings (SSSR count). The van der Waals surface area contributed by atoms with Crippen LogP contribution in [0.5, 0.6) is 5.75 Å². The summed E-state index contributed by atoms with van der Waals surface area (Å²) in [5, 5.41) is 20.4. The lowest BCUT2D eigenvalue weighted by atomic mass is 10.1. The van der Waals surface area contributed by atoms with Gasteiger partial charge in [0, 0.05) is 37.5 Å². The molecular formula is C15H22N4O2. The van der Waals surface area contributed by atoms with Gasteiger partial charge in [-0.15, -0.1) is 5.10 Å². The van der Waals surface area contributed by atoms with E-state index in [0.717, 1.165) is 17.0 Å². The first kappa shape index (κ1) is 15.5. The van der Waals surface area contributed by atoms with Gasteiger partial charge in [-0.2, -0.15) is 0 Å². The van der Waals surface area contributed by atoms with Gasteiger partial charge in [0.15, 0.2) is 0 Å². The Morgan fingerprint density at radius 2 is 2.19 bits per heavy atom. The Morgan fingerprint density at radius 3 is 2.95 bits per heavy atom. The molecule has 0 saturated carbocycles. The fraction of sp³-hybridized carbons (Fsp3) is 0.467. The van der Waals surface area contributed by atoms with Crippen LogP contribution in [0.1, 0.15) is 30.6 Å². The van der Waals surface area contributed by atoms with Crippen LogP contribution in [0.4, 0.5) is 0 Å². The highest BCUT2D eigenvalue weighted by Crippen LogP contribution is 2.24.